The van der Waals surface area contributed by atoms with E-state index in [0.717, 1.165) is 43.8 Å². The van der Waals surface area contributed by atoms with Crippen LogP contribution in [0, 0.1) is 5.92 Å². The Kier molecular flexibility index (Phi) is 6.51. The van der Waals surface area contributed by atoms with Gasteiger partial charge in [0.1, 0.15) is 6.54 Å². The fourth-order valence-corrected chi connectivity index (χ4v) is 6.02. The maximum atomic E-state index is 13.1. The molecule has 8 nitrogen and oxygen atoms in total. The van der Waals surface area contributed by atoms with Crippen LogP contribution in [0.4, 0.5) is 5.82 Å². The van der Waals surface area contributed by atoms with Gasteiger partial charge in [-0.05, 0) is 75.6 Å². The van der Waals surface area contributed by atoms with Crippen LogP contribution in [-0.4, -0.2) is 81.0 Å². The second-order valence-corrected chi connectivity index (χ2v) is 10.0. The molecule has 5 heterocycles. The lowest BCUT2D eigenvalue weighted by Crippen LogP contribution is -2.51. The Bertz CT molecular complexity index is 955. The minimum Gasteiger partial charge on any atom is -0.355 e. The van der Waals surface area contributed by atoms with Crippen molar-refractivity contribution in [1.82, 2.24) is 29.3 Å². The van der Waals surface area contributed by atoms with Gasteiger partial charge >= 0.3 is 0 Å². The van der Waals surface area contributed by atoms with Crippen molar-refractivity contribution in [3.8, 4) is 0 Å². The summed E-state index contributed by atoms with van der Waals surface area (Å²) >= 11 is 6.27. The molecule has 9 heteroatoms. The second kappa shape index (κ2) is 9.51. The van der Waals surface area contributed by atoms with Gasteiger partial charge in [0.15, 0.2) is 17.0 Å². The average Bonchev–Trinajstić information content (AvgIpc) is 3.21. The topological polar surface area (TPSA) is 70.4 Å². The first-order valence-electron chi connectivity index (χ1n) is 12.2. The molecule has 32 heavy (non-hydrogen) atoms. The third-order valence-corrected chi connectivity index (χ3v) is 7.71. The molecule has 2 unspecified atom stereocenters. The Morgan fingerprint density at radius 2 is 1.84 bits per heavy atom. The molecule has 2 aromatic heterocycles. The highest BCUT2D eigenvalue weighted by Crippen LogP contribution is 2.31. The van der Waals surface area contributed by atoms with Gasteiger partial charge in [0.25, 0.3) is 0 Å². The molecule has 5 rings (SSSR count). The molecule has 0 saturated carbocycles. The Hall–Kier alpha value is -1.93. The number of carbonyl (C=O) groups is 1. The first kappa shape index (κ1) is 21.9. The normalized spacial score (nSPS) is 24.5. The monoisotopic (exact) mass is 459 g/mol. The van der Waals surface area contributed by atoms with Gasteiger partial charge in [-0.15, -0.1) is 0 Å². The number of halogens is 1. The highest BCUT2D eigenvalue weighted by molar-refractivity contribution is 6.28. The van der Waals surface area contributed by atoms with E-state index in [1.54, 1.807) is 6.33 Å². The summed E-state index contributed by atoms with van der Waals surface area (Å²) in [7, 11) is 1.93. The molecule has 2 aromatic rings. The van der Waals surface area contributed by atoms with Crippen LogP contribution in [0.5, 0.6) is 0 Å². The lowest BCUT2D eigenvalue weighted by atomic mass is 9.83. The fraction of sp³-hybridized carbons (Fsp3) is 0.739. The molecular formula is C23H34ClN7O. The Labute approximate surface area is 194 Å². The molecule has 0 spiro atoms. The molecule has 3 saturated heterocycles. The molecule has 3 aliphatic rings. The molecular weight excluding hydrogens is 426 g/mol. The van der Waals surface area contributed by atoms with Crippen molar-refractivity contribution in [2.45, 2.75) is 64.0 Å². The third-order valence-electron chi connectivity index (χ3n) is 7.54. The zero-order chi connectivity index (χ0) is 22.1. The number of carbonyl (C=O) groups excluding carboxylic acids is 1. The van der Waals surface area contributed by atoms with Gasteiger partial charge in [0, 0.05) is 32.7 Å². The lowest BCUT2D eigenvalue weighted by molar-refractivity contribution is -0.131. The summed E-state index contributed by atoms with van der Waals surface area (Å²) in [4.78, 5) is 33.4. The van der Waals surface area contributed by atoms with Crippen LogP contribution < -0.4 is 4.90 Å². The van der Waals surface area contributed by atoms with Crippen LogP contribution in [0.15, 0.2) is 6.33 Å². The summed E-state index contributed by atoms with van der Waals surface area (Å²) in [6.07, 6.45) is 11.6. The molecule has 0 radical (unpaired) electrons. The number of piperidine rings is 3. The molecule has 0 aromatic carbocycles. The third kappa shape index (κ3) is 4.44. The quantitative estimate of drug-likeness (QED) is 0.639. The number of hydrogen-bond donors (Lipinski definition) is 0. The Balaban J connectivity index is 1.29. The number of hydrogen-bond acceptors (Lipinski definition) is 6. The van der Waals surface area contributed by atoms with Gasteiger partial charge in [-0.1, -0.05) is 6.42 Å². The lowest BCUT2D eigenvalue weighted by Gasteiger charge is -2.45. The first-order chi connectivity index (χ1) is 15.6. The number of amides is 1. The van der Waals surface area contributed by atoms with Crippen LogP contribution in [0.2, 0.25) is 5.28 Å². The van der Waals surface area contributed by atoms with Crippen LogP contribution >= 0.6 is 11.6 Å². The SMILES string of the molecule is CN(CC1CCCN2CCCCC12)C(=O)Cn1cnc2c(N3CCCCC3)nc(Cl)nc21. The molecule has 0 aliphatic carbocycles. The van der Waals surface area contributed by atoms with E-state index in [0.29, 0.717) is 17.6 Å². The first-order valence-corrected chi connectivity index (χ1v) is 12.6. The smallest absolute Gasteiger partial charge is 0.242 e. The highest BCUT2D eigenvalue weighted by Gasteiger charge is 2.34. The second-order valence-electron chi connectivity index (χ2n) is 9.68. The van der Waals surface area contributed by atoms with E-state index in [1.807, 2.05) is 16.5 Å². The summed E-state index contributed by atoms with van der Waals surface area (Å²) in [6, 6.07) is 0.639. The van der Waals surface area contributed by atoms with E-state index in [1.165, 1.54) is 51.6 Å². The number of aromatic nitrogens is 4. The van der Waals surface area contributed by atoms with Gasteiger partial charge in [-0.2, -0.15) is 9.97 Å². The van der Waals surface area contributed by atoms with Gasteiger partial charge < -0.3 is 19.3 Å². The van der Waals surface area contributed by atoms with Gasteiger partial charge in [-0.25, -0.2) is 4.98 Å². The van der Waals surface area contributed by atoms with Crippen LogP contribution in [0.3, 0.4) is 0 Å². The zero-order valence-corrected chi connectivity index (χ0v) is 19.8. The number of nitrogens with zero attached hydrogens (tertiary/aromatic N) is 7. The molecule has 1 amide bonds. The molecule has 0 bridgehead atoms. The minimum atomic E-state index is 0.0893. The van der Waals surface area contributed by atoms with Crippen molar-refractivity contribution in [2.24, 2.45) is 5.92 Å². The van der Waals surface area contributed by atoms with E-state index >= 15 is 0 Å². The van der Waals surface area contributed by atoms with Gasteiger partial charge in [0.2, 0.25) is 11.2 Å². The maximum absolute atomic E-state index is 13.1. The van der Waals surface area contributed by atoms with E-state index < -0.39 is 0 Å². The van der Waals surface area contributed by atoms with E-state index in [-0.39, 0.29) is 17.7 Å². The van der Waals surface area contributed by atoms with Gasteiger partial charge in [0.05, 0.1) is 6.33 Å². The predicted octanol–water partition coefficient (Wildman–Crippen LogP) is 3.19. The predicted molar refractivity (Wildman–Crippen MR) is 126 cm³/mol. The molecule has 2 atom stereocenters. The molecule has 174 valence electrons. The van der Waals surface area contributed by atoms with Crippen molar-refractivity contribution in [1.29, 1.82) is 0 Å². The van der Waals surface area contributed by atoms with Gasteiger partial charge in [-0.3, -0.25) is 4.79 Å². The number of anilines is 1. The van der Waals surface area contributed by atoms with Crippen molar-refractivity contribution < 1.29 is 4.79 Å². The summed E-state index contributed by atoms with van der Waals surface area (Å²) in [5, 5.41) is 0.209. The Morgan fingerprint density at radius 1 is 1.06 bits per heavy atom. The summed E-state index contributed by atoms with van der Waals surface area (Å²) in [6.45, 7) is 5.40. The number of imidazole rings is 1. The van der Waals surface area contributed by atoms with Crippen molar-refractivity contribution in [3.63, 3.8) is 0 Å². The molecule has 3 fully saturated rings. The highest BCUT2D eigenvalue weighted by atomic mass is 35.5. The van der Waals surface area contributed by atoms with Crippen LogP contribution in [0.1, 0.15) is 51.4 Å². The average molecular weight is 460 g/mol. The summed E-state index contributed by atoms with van der Waals surface area (Å²) in [5.41, 5.74) is 1.38. The van der Waals surface area contributed by atoms with Crippen molar-refractivity contribution >= 4 is 34.5 Å². The molecule has 3 aliphatic heterocycles. The number of fused-ring (bicyclic) bond motifs is 2. The van der Waals surface area contributed by atoms with E-state index in [2.05, 4.69) is 24.8 Å². The summed E-state index contributed by atoms with van der Waals surface area (Å²) < 4.78 is 1.82. The standard InChI is InChI=1S/C23H34ClN7O/c1-28(14-17-8-7-13-29-10-6-3-9-18(17)29)19(32)15-31-16-25-20-21(26-23(24)27-22(20)31)30-11-4-2-5-12-30/h16-18H,2-15H2,1H3. The van der Waals surface area contributed by atoms with Crippen LogP contribution in [0.25, 0.3) is 11.2 Å². The number of likely N-dealkylation sites (N-methyl/N-ethyl adjacent to an activating group) is 1. The molecule has 0 N–H and O–H groups in total. The van der Waals surface area contributed by atoms with E-state index in [4.69, 9.17) is 11.6 Å². The number of rotatable bonds is 5. The minimum absolute atomic E-state index is 0.0893. The van der Waals surface area contributed by atoms with Crippen molar-refractivity contribution in [3.05, 3.63) is 11.6 Å². The van der Waals surface area contributed by atoms with E-state index in [9.17, 15) is 4.79 Å². The Morgan fingerprint density at radius 3 is 2.69 bits per heavy atom. The zero-order valence-electron chi connectivity index (χ0n) is 19.0. The largest absolute Gasteiger partial charge is 0.355 e. The summed E-state index contributed by atoms with van der Waals surface area (Å²) in [5.74, 6) is 1.45. The fourth-order valence-electron chi connectivity index (χ4n) is 5.86. The van der Waals surface area contributed by atoms with Crippen LogP contribution in [-0.2, 0) is 11.3 Å². The maximum Gasteiger partial charge on any atom is 0.242 e. The van der Waals surface area contributed by atoms with Crippen molar-refractivity contribution in [2.75, 3.05) is 44.7 Å².